The van der Waals surface area contributed by atoms with Crippen LogP contribution >= 0.6 is 0 Å². The normalized spacial score (nSPS) is 20.3. The van der Waals surface area contributed by atoms with Crippen molar-refractivity contribution in [3.05, 3.63) is 154 Å². The molecule has 0 N–H and O–H groups in total. The first kappa shape index (κ1) is 73.4. The third-order valence-electron chi connectivity index (χ3n) is 18.4. The molecule has 2 aliphatic carbocycles. The first-order valence-electron chi connectivity index (χ1n) is 30.8. The Morgan fingerprint density at radius 1 is 0.506 bits per heavy atom. The van der Waals surface area contributed by atoms with Crippen molar-refractivity contribution in [2.24, 2.45) is 10.8 Å². The van der Waals surface area contributed by atoms with E-state index in [4.69, 9.17) is 8.85 Å². The molecule has 15 heteroatoms. The van der Waals surface area contributed by atoms with Crippen molar-refractivity contribution in [3.63, 3.8) is 0 Å². The summed E-state index contributed by atoms with van der Waals surface area (Å²) in [6.07, 6.45) is 14.2. The van der Waals surface area contributed by atoms with Gasteiger partial charge in [-0.1, -0.05) is 218 Å². The van der Waals surface area contributed by atoms with E-state index in [1.807, 2.05) is 52.0 Å². The Balaban J connectivity index is 1.61. The SMILES string of the molecule is CC1=C(/C=C/C(C)=C/C(C/C(C)=C/CS(=O)(=O)C/C=C(\C)CC(/C=C(C)/C=C/C2=C(C)C(=O)C(O[Si](C(C)C)(C(C)C)C(C)C)CC2(C)C)S(=O)(=O)c2ccccc2)S(=O)(=O)c2ccccc2)C(C)(C)CC(O[Si](C(C)C)(C(C)C)C(C)C)C1=O. The number of allylic oxidation sites excluding steroid dienone is 10. The minimum absolute atomic E-state index is 0.00706. The zero-order valence-electron chi connectivity index (χ0n) is 55.7. The summed E-state index contributed by atoms with van der Waals surface area (Å²) in [5.74, 6) is -0.724. The molecule has 0 fully saturated rings. The van der Waals surface area contributed by atoms with Crippen LogP contribution in [0.4, 0.5) is 0 Å². The largest absolute Gasteiger partial charge is 0.406 e. The molecule has 10 nitrogen and oxygen atoms in total. The Morgan fingerprint density at radius 3 is 1.06 bits per heavy atom. The second kappa shape index (κ2) is 29.5. The maximum absolute atomic E-state index is 14.4. The van der Waals surface area contributed by atoms with E-state index in [1.54, 1.807) is 98.8 Å². The van der Waals surface area contributed by atoms with Gasteiger partial charge in [0.05, 0.1) is 31.8 Å². The fourth-order valence-electron chi connectivity index (χ4n) is 13.9. The molecule has 0 heterocycles. The van der Waals surface area contributed by atoms with Gasteiger partial charge in [-0.2, -0.15) is 0 Å². The monoisotopic (exact) mass is 1260 g/mol. The molecule has 85 heavy (non-hydrogen) atoms. The van der Waals surface area contributed by atoms with Crippen LogP contribution in [0.2, 0.25) is 33.2 Å². The molecule has 4 atom stereocenters. The summed E-state index contributed by atoms with van der Waals surface area (Å²) < 4.78 is 99.3. The van der Waals surface area contributed by atoms with Crippen LogP contribution in [0.1, 0.15) is 178 Å². The minimum Gasteiger partial charge on any atom is -0.406 e. The molecule has 0 bridgehead atoms. The zero-order chi connectivity index (χ0) is 64.6. The number of ketones is 2. The van der Waals surface area contributed by atoms with Gasteiger partial charge in [-0.05, 0) is 158 Å². The van der Waals surface area contributed by atoms with Gasteiger partial charge in [0.25, 0.3) is 0 Å². The summed E-state index contributed by atoms with van der Waals surface area (Å²) in [5.41, 5.74) is 6.67. The van der Waals surface area contributed by atoms with E-state index in [0.29, 0.717) is 79.5 Å². The predicted octanol–water partition coefficient (Wildman–Crippen LogP) is 17.5. The van der Waals surface area contributed by atoms with Crippen LogP contribution in [0.15, 0.2) is 164 Å². The average molecular weight is 1260 g/mol. The summed E-state index contributed by atoms with van der Waals surface area (Å²) >= 11 is 0. The summed E-state index contributed by atoms with van der Waals surface area (Å²) in [4.78, 5) is 28.6. The molecule has 2 aromatic rings. The van der Waals surface area contributed by atoms with Gasteiger partial charge >= 0.3 is 0 Å². The highest BCUT2D eigenvalue weighted by Crippen LogP contribution is 2.49. The van der Waals surface area contributed by atoms with E-state index in [2.05, 4.69) is 111 Å². The molecule has 0 amide bonds. The second-order valence-electron chi connectivity index (χ2n) is 27.7. The Hall–Kier alpha value is -4.10. The highest BCUT2D eigenvalue weighted by atomic mass is 32.2. The first-order chi connectivity index (χ1) is 39.1. The molecule has 0 radical (unpaired) electrons. The number of Topliss-reactive ketones (excluding diaryl/α,β-unsaturated/α-hetero) is 2. The number of sulfone groups is 3. The van der Waals surface area contributed by atoms with Crippen molar-refractivity contribution < 1.29 is 43.7 Å². The Labute approximate surface area is 518 Å². The van der Waals surface area contributed by atoms with Crippen molar-refractivity contribution in [3.8, 4) is 0 Å². The Kier molecular flexibility index (Phi) is 25.4. The van der Waals surface area contributed by atoms with Crippen LogP contribution in [0.5, 0.6) is 0 Å². The maximum atomic E-state index is 14.4. The fourth-order valence-corrected chi connectivity index (χ4v) is 29.7. The summed E-state index contributed by atoms with van der Waals surface area (Å²) in [6.45, 7) is 46.0. The number of hydrogen-bond acceptors (Lipinski definition) is 10. The van der Waals surface area contributed by atoms with Crippen molar-refractivity contribution in [2.45, 2.75) is 244 Å². The third kappa shape index (κ3) is 17.6. The average Bonchev–Trinajstić information content (AvgIpc) is 3.14. The van der Waals surface area contributed by atoms with Gasteiger partial charge in [0.15, 0.2) is 41.1 Å². The molecule has 4 rings (SSSR count). The van der Waals surface area contributed by atoms with E-state index < -0.39 is 79.7 Å². The highest BCUT2D eigenvalue weighted by Gasteiger charge is 2.52. The lowest BCUT2D eigenvalue weighted by molar-refractivity contribution is -0.125. The number of carbonyl (C=O) groups is 2. The van der Waals surface area contributed by atoms with Crippen molar-refractivity contribution >= 4 is 57.7 Å². The lowest BCUT2D eigenvalue weighted by Gasteiger charge is -2.47. The second-order valence-corrected chi connectivity index (χ2v) is 45.0. The molecule has 2 aromatic carbocycles. The molecular formula is C70H106O10S3Si2. The van der Waals surface area contributed by atoms with Crippen LogP contribution in [-0.2, 0) is 48.0 Å². The summed E-state index contributed by atoms with van der Waals surface area (Å²) in [7, 11) is -16.4. The molecule has 472 valence electrons. The van der Waals surface area contributed by atoms with Crippen molar-refractivity contribution in [1.29, 1.82) is 0 Å². The standard InChI is InChI=1S/C70H106O10S3Si2/c1-47(2)84(48(3)4,49(5)6)79-65-45-69(19,20)63(57(17)67(65)71)35-33-53(13)41-61(82(75,76)59-29-25-23-26-30-59)43-55(15)37-39-81(73,74)40-38-56(16)44-62(83(77,78)60-31-27-24-28-32-60)42-54(14)34-36-64-58(18)68(72)66(46-70(64,21)22)80-85(50(7)8,51(9)10)52(11)12/h23-38,41-42,47-52,61-62,65-66H,39-40,43-46H2,1-22H3/b35-33+,36-34+,53-41+,54-42+,55-37+,56-38+. The molecule has 2 aliphatic rings. The number of benzene rings is 2. The van der Waals surface area contributed by atoms with Crippen LogP contribution in [0, 0.1) is 10.8 Å². The van der Waals surface area contributed by atoms with E-state index >= 15 is 0 Å². The minimum atomic E-state index is -3.95. The van der Waals surface area contributed by atoms with Gasteiger partial charge in [-0.15, -0.1) is 0 Å². The van der Waals surface area contributed by atoms with Gasteiger partial charge in [0.1, 0.15) is 12.2 Å². The summed E-state index contributed by atoms with van der Waals surface area (Å²) in [6, 6.07) is 16.4. The van der Waals surface area contributed by atoms with Crippen molar-refractivity contribution in [2.75, 3.05) is 11.5 Å². The molecular weight excluding hydrogens is 1150 g/mol. The van der Waals surface area contributed by atoms with Crippen LogP contribution in [0.25, 0.3) is 0 Å². The van der Waals surface area contributed by atoms with Crippen LogP contribution in [0.3, 0.4) is 0 Å². The lowest BCUT2D eigenvalue weighted by Crippen LogP contribution is -2.53. The summed E-state index contributed by atoms with van der Waals surface area (Å²) in [5, 5.41) is -2.08. The molecule has 4 unspecified atom stereocenters. The Bertz CT molecular complexity index is 3040. The van der Waals surface area contributed by atoms with Gasteiger partial charge in [-0.3, -0.25) is 9.59 Å². The van der Waals surface area contributed by atoms with Gasteiger partial charge in [0.2, 0.25) is 16.6 Å². The highest BCUT2D eigenvalue weighted by molar-refractivity contribution is 7.92. The van der Waals surface area contributed by atoms with Gasteiger partial charge in [0, 0.05) is 0 Å². The van der Waals surface area contributed by atoms with E-state index in [9.17, 15) is 34.8 Å². The number of hydrogen-bond donors (Lipinski definition) is 0. The molecule has 0 aromatic heterocycles. The third-order valence-corrected chi connectivity index (χ3v) is 36.0. The van der Waals surface area contributed by atoms with Crippen molar-refractivity contribution in [1.82, 2.24) is 0 Å². The van der Waals surface area contributed by atoms with Gasteiger partial charge in [-0.25, -0.2) is 25.3 Å². The molecule has 0 spiro atoms. The number of carbonyl (C=O) groups excluding carboxylic acids is 2. The molecule has 0 aliphatic heterocycles. The Morgan fingerprint density at radius 2 is 0.788 bits per heavy atom. The van der Waals surface area contributed by atoms with E-state index in [1.165, 1.54) is 0 Å². The lowest BCUT2D eigenvalue weighted by atomic mass is 9.71. The van der Waals surface area contributed by atoms with E-state index in [0.717, 1.165) is 11.1 Å². The maximum Gasteiger partial charge on any atom is 0.201 e. The first-order valence-corrected chi connectivity index (χ1v) is 40.0. The molecule has 0 saturated heterocycles. The molecule has 0 saturated carbocycles. The quantitative estimate of drug-likeness (QED) is 0.0457. The van der Waals surface area contributed by atoms with Gasteiger partial charge < -0.3 is 8.85 Å². The topological polar surface area (TPSA) is 155 Å². The van der Waals surface area contributed by atoms with E-state index in [-0.39, 0.29) is 45.7 Å². The van der Waals surface area contributed by atoms with Crippen LogP contribution in [-0.4, -0.2) is 87.7 Å². The zero-order valence-corrected chi connectivity index (χ0v) is 60.2. The fraction of sp³-hybridized carbons (Fsp3) is 0.571. The number of rotatable bonds is 28. The predicted molar refractivity (Wildman–Crippen MR) is 360 cm³/mol. The van der Waals surface area contributed by atoms with Crippen LogP contribution < -0.4 is 0 Å². The smallest absolute Gasteiger partial charge is 0.201 e.